The lowest BCUT2D eigenvalue weighted by molar-refractivity contribution is 0.0971. The molecule has 6 heteroatoms. The number of rotatable bonds is 6. The van der Waals surface area contributed by atoms with Crippen molar-refractivity contribution in [3.05, 3.63) is 112 Å². The van der Waals surface area contributed by atoms with Gasteiger partial charge in [0.05, 0.1) is 24.1 Å². The zero-order valence-corrected chi connectivity index (χ0v) is 19.8. The minimum Gasteiger partial charge on any atom is -0.497 e. The third-order valence-corrected chi connectivity index (χ3v) is 6.38. The van der Waals surface area contributed by atoms with Crippen molar-refractivity contribution in [2.75, 3.05) is 18.6 Å². The lowest BCUT2D eigenvalue weighted by atomic mass is 9.97. The summed E-state index contributed by atoms with van der Waals surface area (Å²) in [6, 6.07) is 17.5. The van der Waals surface area contributed by atoms with Crippen molar-refractivity contribution < 1.29 is 18.7 Å². The molecule has 35 heavy (non-hydrogen) atoms. The fourth-order valence-electron chi connectivity index (χ4n) is 4.48. The van der Waals surface area contributed by atoms with Crippen molar-refractivity contribution >= 4 is 22.6 Å². The molecule has 0 fully saturated rings. The first-order chi connectivity index (χ1) is 16.9. The molecule has 2 heterocycles. The van der Waals surface area contributed by atoms with Gasteiger partial charge in [-0.1, -0.05) is 24.8 Å². The Bertz CT molecular complexity index is 1520. The fraction of sp³-hybridized carbons (Fsp3) is 0.172. The predicted octanol–water partition coefficient (Wildman–Crippen LogP) is 5.73. The molecule has 0 bridgehead atoms. The second-order valence-corrected chi connectivity index (χ2v) is 8.55. The molecule has 1 aliphatic rings. The van der Waals surface area contributed by atoms with E-state index in [9.17, 15) is 9.59 Å². The van der Waals surface area contributed by atoms with Gasteiger partial charge in [0.2, 0.25) is 5.76 Å². The molecule has 0 radical (unpaired) electrons. The molecule has 1 aromatic heterocycles. The molecule has 0 spiro atoms. The van der Waals surface area contributed by atoms with E-state index in [-0.39, 0.29) is 17.1 Å². The average molecular weight is 468 g/mol. The Labute approximate surface area is 203 Å². The third-order valence-electron chi connectivity index (χ3n) is 6.38. The number of nitrogens with zero attached hydrogens (tertiary/aromatic N) is 1. The Balaban J connectivity index is 1.76. The summed E-state index contributed by atoms with van der Waals surface area (Å²) in [4.78, 5) is 29.2. The van der Waals surface area contributed by atoms with Crippen molar-refractivity contribution in [1.29, 1.82) is 0 Å². The smallest absolute Gasteiger partial charge is 0.295 e. The molecule has 1 amide bonds. The number of amides is 1. The second-order valence-electron chi connectivity index (χ2n) is 8.55. The summed E-state index contributed by atoms with van der Waals surface area (Å²) in [5.41, 5.74) is 3.85. The maximum atomic E-state index is 13.8. The Kier molecular flexibility index (Phi) is 5.65. The number of benzene rings is 3. The van der Waals surface area contributed by atoms with Crippen LogP contribution in [-0.4, -0.2) is 19.6 Å². The van der Waals surface area contributed by atoms with Gasteiger partial charge in [-0.2, -0.15) is 0 Å². The van der Waals surface area contributed by atoms with Crippen LogP contribution in [0.25, 0.3) is 11.0 Å². The van der Waals surface area contributed by atoms with Crippen LogP contribution in [0.1, 0.15) is 38.9 Å². The highest BCUT2D eigenvalue weighted by molar-refractivity contribution is 6.10. The Morgan fingerprint density at radius 3 is 2.46 bits per heavy atom. The maximum Gasteiger partial charge on any atom is 0.295 e. The molecule has 1 aliphatic heterocycles. The van der Waals surface area contributed by atoms with E-state index < -0.39 is 6.04 Å². The molecule has 0 unspecified atom stereocenters. The summed E-state index contributed by atoms with van der Waals surface area (Å²) in [7, 11) is 1.58. The molecule has 4 aromatic rings. The topological polar surface area (TPSA) is 69.0 Å². The maximum absolute atomic E-state index is 13.8. The van der Waals surface area contributed by atoms with E-state index in [1.54, 1.807) is 42.4 Å². The van der Waals surface area contributed by atoms with Crippen LogP contribution in [0.2, 0.25) is 0 Å². The summed E-state index contributed by atoms with van der Waals surface area (Å²) >= 11 is 0. The SMILES string of the molecule is C=CCOc1cccc([C@H]2c3c(oc4cc(C)c(C)cc4c3=O)C(=O)N2c2ccc(OC)cc2)c1. The highest BCUT2D eigenvalue weighted by Crippen LogP contribution is 2.42. The van der Waals surface area contributed by atoms with E-state index in [1.807, 2.05) is 50.2 Å². The van der Waals surface area contributed by atoms with Gasteiger partial charge in [0.15, 0.2) is 5.43 Å². The van der Waals surface area contributed by atoms with E-state index in [2.05, 4.69) is 6.58 Å². The summed E-state index contributed by atoms with van der Waals surface area (Å²) in [6.07, 6.45) is 1.66. The summed E-state index contributed by atoms with van der Waals surface area (Å²) in [5, 5.41) is 0.459. The first-order valence-corrected chi connectivity index (χ1v) is 11.3. The normalized spacial score (nSPS) is 14.8. The van der Waals surface area contributed by atoms with Crippen LogP contribution in [-0.2, 0) is 0 Å². The monoisotopic (exact) mass is 467 g/mol. The van der Waals surface area contributed by atoms with Gasteiger partial charge in [0, 0.05) is 5.69 Å². The Morgan fingerprint density at radius 1 is 1.00 bits per heavy atom. The molecule has 176 valence electrons. The van der Waals surface area contributed by atoms with Crippen molar-refractivity contribution in [2.24, 2.45) is 0 Å². The van der Waals surface area contributed by atoms with Gasteiger partial charge in [0.25, 0.3) is 5.91 Å². The van der Waals surface area contributed by atoms with Crippen LogP contribution in [0.4, 0.5) is 5.69 Å². The van der Waals surface area contributed by atoms with E-state index in [1.165, 1.54) is 0 Å². The van der Waals surface area contributed by atoms with Crippen LogP contribution in [0.5, 0.6) is 11.5 Å². The average Bonchev–Trinajstić information content (AvgIpc) is 3.16. The van der Waals surface area contributed by atoms with E-state index in [0.717, 1.165) is 16.7 Å². The number of carbonyl (C=O) groups is 1. The van der Waals surface area contributed by atoms with Gasteiger partial charge < -0.3 is 13.9 Å². The van der Waals surface area contributed by atoms with E-state index >= 15 is 0 Å². The fourth-order valence-corrected chi connectivity index (χ4v) is 4.48. The van der Waals surface area contributed by atoms with Crippen LogP contribution >= 0.6 is 0 Å². The summed E-state index contributed by atoms with van der Waals surface area (Å²) < 4.78 is 17.1. The van der Waals surface area contributed by atoms with Crippen LogP contribution in [0.15, 0.2) is 82.5 Å². The summed E-state index contributed by atoms with van der Waals surface area (Å²) in [6.45, 7) is 7.94. The van der Waals surface area contributed by atoms with Crippen LogP contribution in [0.3, 0.4) is 0 Å². The largest absolute Gasteiger partial charge is 0.497 e. The molecule has 0 saturated carbocycles. The second kappa shape index (κ2) is 8.80. The van der Waals surface area contributed by atoms with Gasteiger partial charge in [-0.3, -0.25) is 14.5 Å². The molecular weight excluding hydrogens is 442 g/mol. The van der Waals surface area contributed by atoms with Crippen LogP contribution in [0, 0.1) is 13.8 Å². The third kappa shape index (κ3) is 3.77. The minimum absolute atomic E-state index is 0.0592. The number of hydrogen-bond donors (Lipinski definition) is 0. The van der Waals surface area contributed by atoms with Crippen molar-refractivity contribution in [3.8, 4) is 11.5 Å². The lowest BCUT2D eigenvalue weighted by Crippen LogP contribution is -2.29. The van der Waals surface area contributed by atoms with E-state index in [4.69, 9.17) is 13.9 Å². The zero-order chi connectivity index (χ0) is 24.7. The van der Waals surface area contributed by atoms with Gasteiger partial charge in [-0.25, -0.2) is 0 Å². The number of aryl methyl sites for hydroxylation is 2. The highest BCUT2D eigenvalue weighted by atomic mass is 16.5. The molecule has 0 aliphatic carbocycles. The molecule has 5 rings (SSSR count). The molecule has 3 aromatic carbocycles. The minimum atomic E-state index is -0.680. The molecule has 6 nitrogen and oxygen atoms in total. The quantitative estimate of drug-likeness (QED) is 0.339. The number of methoxy groups -OCH3 is 1. The standard InChI is InChI=1S/C29H25NO5/c1-5-13-34-22-8-6-7-19(16-22)26-25-27(31)23-14-17(2)18(3)15-24(23)35-28(25)29(32)30(26)20-9-11-21(33-4)12-10-20/h5-12,14-16,26H,1,13H2,2-4H3/t26-/m0/s1. The van der Waals surface area contributed by atoms with Crippen molar-refractivity contribution in [3.63, 3.8) is 0 Å². The predicted molar refractivity (Wildman–Crippen MR) is 136 cm³/mol. The Morgan fingerprint density at radius 2 is 1.74 bits per heavy atom. The van der Waals surface area contributed by atoms with Gasteiger partial charge >= 0.3 is 0 Å². The molecule has 0 N–H and O–H groups in total. The van der Waals surface area contributed by atoms with Crippen LogP contribution < -0.4 is 19.8 Å². The molecular formula is C29H25NO5. The van der Waals surface area contributed by atoms with E-state index in [0.29, 0.717) is 40.3 Å². The van der Waals surface area contributed by atoms with Gasteiger partial charge in [-0.05, 0) is 79.1 Å². The Hall–Kier alpha value is -4.32. The number of hydrogen-bond acceptors (Lipinski definition) is 5. The summed E-state index contributed by atoms with van der Waals surface area (Å²) in [5.74, 6) is 0.976. The first kappa shape index (κ1) is 22.5. The van der Waals surface area contributed by atoms with Crippen molar-refractivity contribution in [1.82, 2.24) is 0 Å². The number of carbonyl (C=O) groups excluding carboxylic acids is 1. The molecule has 1 atom stereocenters. The first-order valence-electron chi connectivity index (χ1n) is 11.3. The zero-order valence-electron chi connectivity index (χ0n) is 19.8. The lowest BCUT2D eigenvalue weighted by Gasteiger charge is -2.25. The van der Waals surface area contributed by atoms with Gasteiger partial charge in [0.1, 0.15) is 23.7 Å². The number of anilines is 1. The van der Waals surface area contributed by atoms with Crippen molar-refractivity contribution in [2.45, 2.75) is 19.9 Å². The number of fused-ring (bicyclic) bond motifs is 2. The molecule has 0 saturated heterocycles. The number of ether oxygens (including phenoxy) is 2. The highest BCUT2D eigenvalue weighted by Gasteiger charge is 2.43. The van der Waals surface area contributed by atoms with Gasteiger partial charge in [-0.15, -0.1) is 0 Å².